The average Bonchev–Trinajstić information content (AvgIpc) is 1.73. The van der Waals surface area contributed by atoms with Crippen LogP contribution < -0.4 is 22.6 Å². The van der Waals surface area contributed by atoms with Crippen LogP contribution in [-0.4, -0.2) is 125 Å². The number of nitrogens with two attached hydrogens (primary N) is 2. The van der Waals surface area contributed by atoms with Crippen molar-refractivity contribution in [3.05, 3.63) is 234 Å². The number of halogens is 6. The molecule has 0 bridgehead atoms. The highest BCUT2D eigenvalue weighted by molar-refractivity contribution is 5.87. The number of rotatable bonds is 14. The number of alkyl halides is 6. The number of ether oxygens (including phenoxy) is 3. The van der Waals surface area contributed by atoms with Gasteiger partial charge in [-0.1, -0.05) is 128 Å². The van der Waals surface area contributed by atoms with Crippen molar-refractivity contribution < 1.29 is 74.4 Å². The largest absolute Gasteiger partial charge is 0.481 e. The van der Waals surface area contributed by atoms with Gasteiger partial charge in [0.1, 0.15) is 0 Å². The minimum absolute atomic E-state index is 0.00503. The summed E-state index contributed by atoms with van der Waals surface area (Å²) >= 11 is 0. The second-order valence-corrected chi connectivity index (χ2v) is 34.8. The Kier molecular flexibility index (Phi) is 29.8. The second-order valence-electron chi connectivity index (χ2n) is 34.8. The zero-order valence-electron chi connectivity index (χ0n) is 73.2. The molecular formula is C93H122F6N10O12. The molecule has 121 heavy (non-hydrogen) atoms. The van der Waals surface area contributed by atoms with Crippen LogP contribution in [0.2, 0.25) is 0 Å². The first kappa shape index (κ1) is 94.6. The highest BCUT2D eigenvalue weighted by Crippen LogP contribution is 2.50. The standard InChI is InChI=1S/C24H28F3N3O2.C18H22F3N3O2.C16H23NO2.C15H21NO2.C13H17NO2.C7H11NO2/c1-15(2)23(8-7-19(13-23)30-16(3)5-6-17(30)4)22(32)28-9-10-29-20(14-28)11-18(12-21(29)31)24(25,26)27;1-11(2)17(4-3-13(22)9-17)16(26)23-5-6-24-14(10-23)7-12(8-15(24)25)18(19,20)21;1-11(2)16(15(18)19-5)9-8-14(10-16)17-12(3)6-7-13(17)4;1-10(2)15(14(17)18)8-7-13(9-15)16-11(3)5-6-12(16)4;1-9-4-5-10(2)14(9)12-7-6-11(8-12)13(15)16-3;1-10-7(9)5-2-3-6(8)4-5/h5-8,11-12,15,19H,9-10,13-14H2,1-4H3;3-4,7-8,11,13H,5-6,9-10,22H2,1-2H3;6-9,11,14H,10H2,1-5H3;5-8,10,13H,9H2,1-4H3,(H,17,18);4-7,11-12H,8H2,1-3H3;2-3,5-6H,4,8H2,1H3/t19-,23+;13-,17+;14-,16+;13-,15+;11-,12+;5-,6+/m111100/s1. The molecule has 0 radical (unpaired) electrons. The lowest BCUT2D eigenvalue weighted by atomic mass is 9.74. The highest BCUT2D eigenvalue weighted by Gasteiger charge is 2.51. The molecule has 8 heterocycles. The number of methoxy groups -OCH3 is 3. The van der Waals surface area contributed by atoms with Gasteiger partial charge >= 0.3 is 36.2 Å². The minimum atomic E-state index is -4.60. The van der Waals surface area contributed by atoms with E-state index in [1.54, 1.807) is 11.0 Å². The molecule has 6 aromatic heterocycles. The van der Waals surface area contributed by atoms with E-state index in [1.165, 1.54) is 69.5 Å². The molecule has 2 aliphatic heterocycles. The number of hydrogen-bond donors (Lipinski definition) is 3. The molecule has 2 amide bonds. The molecule has 658 valence electrons. The summed E-state index contributed by atoms with van der Waals surface area (Å²) < 4.78 is 105. The van der Waals surface area contributed by atoms with Crippen LogP contribution in [-0.2, 0) is 81.5 Å². The van der Waals surface area contributed by atoms with Gasteiger partial charge in [0, 0.05) is 107 Å². The number of pyridine rings is 2. The minimum Gasteiger partial charge on any atom is -0.481 e. The molecule has 6 aromatic rings. The van der Waals surface area contributed by atoms with Crippen LogP contribution in [0.3, 0.4) is 0 Å². The highest BCUT2D eigenvalue weighted by atomic mass is 19.4. The van der Waals surface area contributed by atoms with Crippen LogP contribution in [0.1, 0.15) is 186 Å². The number of allylic oxidation sites excluding steroid dienone is 4. The zero-order chi connectivity index (χ0) is 89.7. The summed E-state index contributed by atoms with van der Waals surface area (Å²) in [6.07, 6.45) is 18.3. The lowest BCUT2D eigenvalue weighted by molar-refractivity contribution is -0.152. The van der Waals surface area contributed by atoms with Gasteiger partial charge in [0.15, 0.2) is 0 Å². The Morgan fingerprint density at radius 3 is 1.04 bits per heavy atom. The fraction of sp³-hybridized carbons (Fsp3) is 0.527. The van der Waals surface area contributed by atoms with E-state index in [2.05, 4.69) is 145 Å². The first-order valence-corrected chi connectivity index (χ1v) is 41.6. The van der Waals surface area contributed by atoms with Crippen LogP contribution in [0.15, 0.2) is 155 Å². The predicted molar refractivity (Wildman–Crippen MR) is 452 cm³/mol. The first-order valence-electron chi connectivity index (χ1n) is 41.6. The van der Waals surface area contributed by atoms with E-state index in [9.17, 15) is 69.8 Å². The number of carbonyl (C=O) groups is 6. The normalized spacial score (nSPS) is 25.4. The molecule has 14 rings (SSSR count). The lowest BCUT2D eigenvalue weighted by Gasteiger charge is -2.39. The Morgan fingerprint density at radius 2 is 0.727 bits per heavy atom. The van der Waals surface area contributed by atoms with E-state index < -0.39 is 62.2 Å². The number of hydrogen-bond acceptors (Lipinski definition) is 13. The number of aryl methyl sites for hydroxylation is 8. The van der Waals surface area contributed by atoms with Crippen molar-refractivity contribution in [3.8, 4) is 0 Å². The average molecular weight is 1690 g/mol. The van der Waals surface area contributed by atoms with Gasteiger partial charge in [-0.3, -0.25) is 38.4 Å². The van der Waals surface area contributed by atoms with Gasteiger partial charge in [-0.05, 0) is 178 Å². The molecule has 5 N–H and O–H groups in total. The van der Waals surface area contributed by atoms with E-state index in [0.29, 0.717) is 50.4 Å². The number of nitrogens with zero attached hydrogens (tertiary/aromatic N) is 8. The van der Waals surface area contributed by atoms with Crippen molar-refractivity contribution in [2.24, 2.45) is 68.6 Å². The summed E-state index contributed by atoms with van der Waals surface area (Å²) in [7, 11) is 4.30. The number of aliphatic carboxylic acids is 1. The van der Waals surface area contributed by atoms with Gasteiger partial charge in [-0.2, -0.15) is 26.3 Å². The Hall–Kier alpha value is -10.2. The summed E-state index contributed by atoms with van der Waals surface area (Å²) in [6, 6.07) is 20.5. The molecular weight excluding hydrogens is 1560 g/mol. The number of amides is 2. The Balaban J connectivity index is 0.000000170. The maximum Gasteiger partial charge on any atom is 0.416 e. The van der Waals surface area contributed by atoms with Crippen molar-refractivity contribution >= 4 is 35.7 Å². The van der Waals surface area contributed by atoms with Gasteiger partial charge < -0.3 is 68.0 Å². The first-order chi connectivity index (χ1) is 56.6. The Bertz CT molecular complexity index is 5020. The molecule has 0 aromatic carbocycles. The van der Waals surface area contributed by atoms with Gasteiger partial charge in [-0.25, -0.2) is 0 Å². The molecule has 0 saturated heterocycles. The van der Waals surface area contributed by atoms with Gasteiger partial charge in [0.2, 0.25) is 11.8 Å². The van der Waals surface area contributed by atoms with Gasteiger partial charge in [-0.15, -0.1) is 0 Å². The Morgan fingerprint density at radius 1 is 0.405 bits per heavy atom. The maximum absolute atomic E-state index is 13.8. The van der Waals surface area contributed by atoms with E-state index in [0.717, 1.165) is 36.4 Å². The third kappa shape index (κ3) is 20.1. The number of aromatic nitrogens is 6. The fourth-order valence-corrected chi connectivity index (χ4v) is 18.5. The van der Waals surface area contributed by atoms with Crippen LogP contribution in [0.5, 0.6) is 0 Å². The predicted octanol–water partition coefficient (Wildman–Crippen LogP) is 15.8. The molecule has 0 saturated carbocycles. The molecule has 0 spiro atoms. The zero-order valence-corrected chi connectivity index (χ0v) is 73.2. The van der Waals surface area contributed by atoms with E-state index in [1.807, 2.05) is 104 Å². The number of fused-ring (bicyclic) bond motifs is 2. The SMILES string of the molecule is CC(C)[C@]1(C(=O)N2CCn3c(cc(C(F)(F)F)cc3=O)C2)C=C[C@@H](N)C1.COC(=O)[C@@]1(C(C)C)C=C[C@@H](n2c(C)ccc2C)C1.COC(=O)[C@H]1C=C[C@@H](N)C1.COC(=O)[C@H]1C=C[C@@H](n2c(C)ccc2C)C1.Cc1ccc(C)n1[C@@H]1C=C[C@@](C(=O)N2CCn3c(cc(C(F)(F)F)cc3=O)C2)(C(C)C)C1.Cc1ccc(C)n1[C@@H]1C=C[C@@](C(=O)O)(C(C)C)C1. The number of carboxylic acid groups (broad SMARTS) is 1. The van der Waals surface area contributed by atoms with Gasteiger partial charge in [0.05, 0.1) is 103 Å². The van der Waals surface area contributed by atoms with Crippen molar-refractivity contribution in [2.45, 2.75) is 224 Å². The number of esters is 3. The molecule has 0 unspecified atom stereocenters. The van der Waals surface area contributed by atoms with Crippen molar-refractivity contribution in [1.29, 1.82) is 0 Å². The number of carboxylic acids is 1. The third-order valence-electron chi connectivity index (χ3n) is 25.9. The van der Waals surface area contributed by atoms with Crippen LogP contribution >= 0.6 is 0 Å². The maximum atomic E-state index is 13.8. The topological polar surface area (TPSA) is 273 Å². The second kappa shape index (κ2) is 38.0. The molecule has 8 aliphatic rings. The van der Waals surface area contributed by atoms with Gasteiger partial charge in [0.25, 0.3) is 11.1 Å². The van der Waals surface area contributed by atoms with Crippen molar-refractivity contribution in [3.63, 3.8) is 0 Å². The third-order valence-corrected chi connectivity index (χ3v) is 25.9. The molecule has 6 aliphatic carbocycles. The quantitative estimate of drug-likeness (QED) is 0.0396. The lowest BCUT2D eigenvalue weighted by Crippen LogP contribution is -2.50. The van der Waals surface area contributed by atoms with Crippen LogP contribution in [0.25, 0.3) is 0 Å². The summed E-state index contributed by atoms with van der Waals surface area (Å²) in [6.45, 7) is 33.5. The smallest absolute Gasteiger partial charge is 0.416 e. The van der Waals surface area contributed by atoms with E-state index in [-0.39, 0.29) is 140 Å². The van der Waals surface area contributed by atoms with E-state index in [4.69, 9.17) is 20.9 Å². The summed E-state index contributed by atoms with van der Waals surface area (Å²) in [5, 5.41) is 9.53. The Labute approximate surface area is 705 Å². The molecule has 0 fully saturated rings. The summed E-state index contributed by atoms with van der Waals surface area (Å²) in [5.41, 5.74) is 15.4. The molecule has 12 atom stereocenters. The van der Waals surface area contributed by atoms with Crippen molar-refractivity contribution in [1.82, 2.24) is 37.2 Å². The molecule has 28 heteroatoms. The molecule has 22 nitrogen and oxygen atoms in total. The monoisotopic (exact) mass is 1680 g/mol. The van der Waals surface area contributed by atoms with E-state index >= 15 is 0 Å². The summed E-state index contributed by atoms with van der Waals surface area (Å²) in [5.74, 6) is -1.24. The van der Waals surface area contributed by atoms with Crippen LogP contribution in [0.4, 0.5) is 26.3 Å². The van der Waals surface area contributed by atoms with Crippen LogP contribution in [0, 0.1) is 113 Å². The fourth-order valence-electron chi connectivity index (χ4n) is 18.5. The summed E-state index contributed by atoms with van der Waals surface area (Å²) in [4.78, 5) is 100. The number of carbonyl (C=O) groups excluding carboxylic acids is 5. The van der Waals surface area contributed by atoms with Crippen molar-refractivity contribution in [2.75, 3.05) is 34.4 Å².